The van der Waals surface area contributed by atoms with Gasteiger partial charge in [-0.2, -0.15) is 8.78 Å². The maximum atomic E-state index is 12.6. The predicted molar refractivity (Wildman–Crippen MR) is 51.7 cm³/mol. The number of Topliss-reactive ketones (excluding diaryl/α,β-unsaturated/α-hetero) is 1. The zero-order valence-corrected chi connectivity index (χ0v) is 9.43. The van der Waals surface area contributed by atoms with Gasteiger partial charge in [-0.15, -0.1) is 11.3 Å². The molecule has 0 saturated heterocycles. The number of hydrogen-bond acceptors (Lipinski definition) is 2. The largest absolute Gasteiger partial charge is 0.307 e. The summed E-state index contributed by atoms with van der Waals surface area (Å²) in [5, 5.41) is 0. The van der Waals surface area contributed by atoms with Crippen LogP contribution in [0.2, 0.25) is 0 Å². The van der Waals surface area contributed by atoms with Crippen molar-refractivity contribution in [1.82, 2.24) is 0 Å². The van der Waals surface area contributed by atoms with Gasteiger partial charge in [0.25, 0.3) is 0 Å². The van der Waals surface area contributed by atoms with Gasteiger partial charge in [0.15, 0.2) is 0 Å². The molecule has 0 aromatic carbocycles. The third kappa shape index (κ3) is 2.34. The Hall–Kier alpha value is -0.290. The first kappa shape index (κ1) is 10.8. The fourth-order valence-electron chi connectivity index (χ4n) is 0.837. The molecule has 0 amide bonds. The molecular weight excluding hydrogens is 262 g/mol. The van der Waals surface area contributed by atoms with Crippen LogP contribution in [0.25, 0.3) is 0 Å². The molecule has 0 aliphatic carbocycles. The summed E-state index contributed by atoms with van der Waals surface area (Å²) in [7, 11) is 0. The number of hydrogen-bond donors (Lipinski definition) is 0. The molecule has 5 heteroatoms. The molecule has 0 radical (unpaired) electrons. The second-order valence-electron chi connectivity index (χ2n) is 2.75. The van der Waals surface area contributed by atoms with Crippen LogP contribution in [0.3, 0.4) is 0 Å². The van der Waals surface area contributed by atoms with E-state index in [9.17, 15) is 13.6 Å². The summed E-state index contributed by atoms with van der Waals surface area (Å²) in [5.41, 5.74) is 0. The van der Waals surface area contributed by atoms with Crippen molar-refractivity contribution in [2.24, 2.45) is 0 Å². The lowest BCUT2D eigenvalue weighted by atomic mass is 10.2. The van der Waals surface area contributed by atoms with Gasteiger partial charge < -0.3 is 0 Å². The standard InChI is InChI=1S/C8H7BrF2OS/c1-4-3-5(9)6(13-4)7(12)8(2,10)11/h3H,1-2H3. The monoisotopic (exact) mass is 268 g/mol. The van der Waals surface area contributed by atoms with Crippen molar-refractivity contribution >= 4 is 33.0 Å². The van der Waals surface area contributed by atoms with E-state index in [1.165, 1.54) is 0 Å². The summed E-state index contributed by atoms with van der Waals surface area (Å²) in [6, 6.07) is 1.66. The first-order valence-corrected chi connectivity index (χ1v) is 5.12. The summed E-state index contributed by atoms with van der Waals surface area (Å²) in [4.78, 5) is 12.1. The fourth-order valence-corrected chi connectivity index (χ4v) is 2.68. The summed E-state index contributed by atoms with van der Waals surface area (Å²) in [6.07, 6.45) is 0. The number of carbonyl (C=O) groups is 1. The third-order valence-corrected chi connectivity index (χ3v) is 3.35. The summed E-state index contributed by atoms with van der Waals surface area (Å²) >= 11 is 4.14. The van der Waals surface area contributed by atoms with E-state index in [1.54, 1.807) is 13.0 Å². The minimum atomic E-state index is -3.29. The molecule has 0 spiro atoms. The SMILES string of the molecule is Cc1cc(Br)c(C(=O)C(C)(F)F)s1. The van der Waals surface area contributed by atoms with E-state index in [2.05, 4.69) is 15.9 Å². The van der Waals surface area contributed by atoms with Gasteiger partial charge in [0.1, 0.15) is 0 Å². The Labute approximate surface area is 86.9 Å². The number of aryl methyl sites for hydroxylation is 1. The van der Waals surface area contributed by atoms with E-state index in [4.69, 9.17) is 0 Å². The highest BCUT2D eigenvalue weighted by molar-refractivity contribution is 9.10. The minimum absolute atomic E-state index is 0.0880. The first-order chi connectivity index (χ1) is 5.82. The van der Waals surface area contributed by atoms with E-state index in [0.29, 0.717) is 11.4 Å². The van der Waals surface area contributed by atoms with Crippen molar-refractivity contribution in [1.29, 1.82) is 0 Å². The molecule has 13 heavy (non-hydrogen) atoms. The lowest BCUT2D eigenvalue weighted by Gasteiger charge is -2.06. The Kier molecular flexibility index (Phi) is 2.87. The Morgan fingerprint density at radius 2 is 2.15 bits per heavy atom. The minimum Gasteiger partial charge on any atom is -0.286 e. The molecule has 72 valence electrons. The maximum Gasteiger partial charge on any atom is 0.307 e. The van der Waals surface area contributed by atoms with Crippen molar-refractivity contribution in [3.63, 3.8) is 0 Å². The van der Waals surface area contributed by atoms with Crippen LogP contribution < -0.4 is 0 Å². The van der Waals surface area contributed by atoms with Crippen LogP contribution in [0.4, 0.5) is 8.78 Å². The van der Waals surface area contributed by atoms with Crippen LogP contribution in [0.5, 0.6) is 0 Å². The van der Waals surface area contributed by atoms with Crippen molar-refractivity contribution in [2.75, 3.05) is 0 Å². The molecule has 1 heterocycles. The van der Waals surface area contributed by atoms with Crippen LogP contribution in [0.15, 0.2) is 10.5 Å². The van der Waals surface area contributed by atoms with Gasteiger partial charge in [-0.25, -0.2) is 0 Å². The van der Waals surface area contributed by atoms with Gasteiger partial charge >= 0.3 is 5.92 Å². The van der Waals surface area contributed by atoms with Gasteiger partial charge in [-0.05, 0) is 28.9 Å². The number of rotatable bonds is 2. The molecule has 0 fully saturated rings. The van der Waals surface area contributed by atoms with Crippen molar-refractivity contribution < 1.29 is 13.6 Å². The quantitative estimate of drug-likeness (QED) is 0.749. The lowest BCUT2D eigenvalue weighted by molar-refractivity contribution is 0.0225. The second-order valence-corrected chi connectivity index (χ2v) is 4.86. The van der Waals surface area contributed by atoms with Crippen molar-refractivity contribution in [2.45, 2.75) is 19.8 Å². The maximum absolute atomic E-state index is 12.6. The van der Waals surface area contributed by atoms with E-state index in [-0.39, 0.29) is 4.88 Å². The molecule has 0 bridgehead atoms. The van der Waals surface area contributed by atoms with E-state index in [1.807, 2.05) is 0 Å². The van der Waals surface area contributed by atoms with E-state index in [0.717, 1.165) is 16.2 Å². The lowest BCUT2D eigenvalue weighted by Crippen LogP contribution is -2.23. The zero-order valence-electron chi connectivity index (χ0n) is 7.03. The smallest absolute Gasteiger partial charge is 0.286 e. The average molecular weight is 269 g/mol. The second kappa shape index (κ2) is 3.46. The van der Waals surface area contributed by atoms with E-state index >= 15 is 0 Å². The Morgan fingerprint density at radius 3 is 2.46 bits per heavy atom. The van der Waals surface area contributed by atoms with Gasteiger partial charge in [0.05, 0.1) is 4.88 Å². The molecule has 0 N–H and O–H groups in total. The van der Waals surface area contributed by atoms with Gasteiger partial charge in [-0.1, -0.05) is 0 Å². The van der Waals surface area contributed by atoms with Crippen LogP contribution in [0.1, 0.15) is 21.5 Å². The normalized spacial score (nSPS) is 11.8. The molecule has 0 aliphatic heterocycles. The summed E-state index contributed by atoms with van der Waals surface area (Å²) in [6.45, 7) is 2.37. The number of carbonyl (C=O) groups excluding carboxylic acids is 1. The van der Waals surface area contributed by atoms with Crippen molar-refractivity contribution in [3.05, 3.63) is 20.3 Å². The highest BCUT2D eigenvalue weighted by atomic mass is 79.9. The molecule has 1 rings (SSSR count). The average Bonchev–Trinajstić information content (AvgIpc) is 2.26. The Bertz CT molecular complexity index is 340. The molecule has 0 saturated carbocycles. The summed E-state index contributed by atoms with van der Waals surface area (Å²) in [5.74, 6) is -4.42. The van der Waals surface area contributed by atoms with E-state index < -0.39 is 11.7 Å². The Morgan fingerprint density at radius 1 is 1.62 bits per heavy atom. The van der Waals surface area contributed by atoms with Crippen LogP contribution in [0, 0.1) is 6.92 Å². The molecule has 0 atom stereocenters. The topological polar surface area (TPSA) is 17.1 Å². The Balaban J connectivity index is 3.09. The predicted octanol–water partition coefficient (Wildman–Crippen LogP) is 3.66. The first-order valence-electron chi connectivity index (χ1n) is 3.51. The van der Waals surface area contributed by atoms with Crippen molar-refractivity contribution in [3.8, 4) is 0 Å². The highest BCUT2D eigenvalue weighted by Crippen LogP contribution is 2.31. The molecule has 0 aliphatic rings. The number of ketones is 1. The third-order valence-electron chi connectivity index (χ3n) is 1.41. The molecule has 0 unspecified atom stereocenters. The molecule has 1 aromatic rings. The number of halogens is 3. The molecular formula is C8H7BrF2OS. The van der Waals surface area contributed by atoms with Gasteiger partial charge in [0, 0.05) is 16.3 Å². The number of alkyl halides is 2. The highest BCUT2D eigenvalue weighted by Gasteiger charge is 2.35. The summed E-state index contributed by atoms with van der Waals surface area (Å²) < 4.78 is 25.7. The van der Waals surface area contributed by atoms with Gasteiger partial charge in [0.2, 0.25) is 5.78 Å². The number of thiophene rings is 1. The van der Waals surface area contributed by atoms with Crippen LogP contribution >= 0.6 is 27.3 Å². The zero-order chi connectivity index (χ0) is 10.2. The molecule has 1 nitrogen and oxygen atoms in total. The molecule has 1 aromatic heterocycles. The van der Waals surface area contributed by atoms with Crippen LogP contribution in [-0.4, -0.2) is 11.7 Å². The van der Waals surface area contributed by atoms with Crippen LogP contribution in [-0.2, 0) is 0 Å². The fraction of sp³-hybridized carbons (Fsp3) is 0.375. The van der Waals surface area contributed by atoms with Gasteiger partial charge in [-0.3, -0.25) is 4.79 Å².